The van der Waals surface area contributed by atoms with Crippen LogP contribution in [0.4, 0.5) is 0 Å². The van der Waals surface area contributed by atoms with E-state index in [0.29, 0.717) is 24.2 Å². The molecule has 0 unspecified atom stereocenters. The van der Waals surface area contributed by atoms with Crippen molar-refractivity contribution >= 4 is 16.8 Å². The van der Waals surface area contributed by atoms with Crippen LogP contribution < -0.4 is 5.32 Å². The van der Waals surface area contributed by atoms with Crippen molar-refractivity contribution < 1.29 is 9.21 Å². The molecule has 0 aliphatic carbocycles. The Bertz CT molecular complexity index is 892. The summed E-state index contributed by atoms with van der Waals surface area (Å²) >= 11 is 0. The molecule has 0 radical (unpaired) electrons. The van der Waals surface area contributed by atoms with E-state index in [-0.39, 0.29) is 12.5 Å². The number of nitrogens with zero attached hydrogens (tertiary/aromatic N) is 3. The zero-order valence-electron chi connectivity index (χ0n) is 14.5. The fraction of sp³-hybridized carbons (Fsp3) is 0.316. The zero-order chi connectivity index (χ0) is 17.8. The van der Waals surface area contributed by atoms with Crippen molar-refractivity contribution in [2.75, 3.05) is 6.54 Å². The summed E-state index contributed by atoms with van der Waals surface area (Å²) in [7, 11) is 0. The molecule has 0 atom stereocenters. The molecule has 6 nitrogen and oxygen atoms in total. The first kappa shape index (κ1) is 17.0. The highest BCUT2D eigenvalue weighted by Crippen LogP contribution is 2.27. The lowest BCUT2D eigenvalue weighted by molar-refractivity contribution is -0.121. The largest absolute Gasteiger partial charge is 0.419 e. The minimum absolute atomic E-state index is 0.0931. The van der Waals surface area contributed by atoms with E-state index >= 15 is 0 Å². The zero-order valence-corrected chi connectivity index (χ0v) is 14.5. The second-order valence-corrected chi connectivity index (χ2v) is 6.37. The molecule has 1 amide bonds. The molecular formula is C19H22N4O2. The molecule has 25 heavy (non-hydrogen) atoms. The number of fused-ring (bicyclic) bond motifs is 1. The predicted octanol–water partition coefficient (Wildman–Crippen LogP) is 3.19. The first-order valence-electron chi connectivity index (χ1n) is 8.37. The molecular weight excluding hydrogens is 316 g/mol. The molecule has 2 heterocycles. The summed E-state index contributed by atoms with van der Waals surface area (Å²) in [5, 5.41) is 12.1. The van der Waals surface area contributed by atoms with Crippen molar-refractivity contribution in [3.63, 3.8) is 0 Å². The van der Waals surface area contributed by atoms with Gasteiger partial charge in [-0.05, 0) is 18.1 Å². The quantitative estimate of drug-likeness (QED) is 0.672. The number of amides is 1. The molecule has 2 aromatic heterocycles. The molecule has 0 aliphatic rings. The Morgan fingerprint density at radius 1 is 1.36 bits per heavy atom. The van der Waals surface area contributed by atoms with Crippen LogP contribution in [-0.4, -0.2) is 27.2 Å². The molecule has 0 aliphatic heterocycles. The molecule has 0 bridgehead atoms. The maximum atomic E-state index is 12.2. The second kappa shape index (κ2) is 7.34. The third-order valence-corrected chi connectivity index (χ3v) is 3.82. The molecule has 0 saturated heterocycles. The first-order valence-corrected chi connectivity index (χ1v) is 8.37. The highest BCUT2D eigenvalue weighted by molar-refractivity contribution is 5.88. The van der Waals surface area contributed by atoms with E-state index < -0.39 is 0 Å². The maximum absolute atomic E-state index is 12.2. The average molecular weight is 338 g/mol. The SMILES string of the molecule is C=CCNC(=O)Cn1c(-c2nnc(CC(C)C)o2)cc2ccccc21. The standard InChI is InChI=1S/C19H22N4O2/c1-4-9-20-17(24)12-23-15-8-6-5-7-14(15)11-16(23)19-22-21-18(25-19)10-13(2)3/h4-8,11,13H,1,9-10,12H2,2-3H3,(H,20,24). The van der Waals surface area contributed by atoms with E-state index in [1.807, 2.05) is 34.9 Å². The number of benzene rings is 1. The van der Waals surface area contributed by atoms with Crippen molar-refractivity contribution in [2.45, 2.75) is 26.8 Å². The van der Waals surface area contributed by atoms with E-state index in [1.54, 1.807) is 6.08 Å². The minimum atomic E-state index is -0.0931. The van der Waals surface area contributed by atoms with Crippen LogP contribution in [0.15, 0.2) is 47.4 Å². The monoisotopic (exact) mass is 338 g/mol. The smallest absolute Gasteiger partial charge is 0.264 e. The van der Waals surface area contributed by atoms with Crippen LogP contribution in [0.3, 0.4) is 0 Å². The van der Waals surface area contributed by atoms with Crippen LogP contribution in [0.1, 0.15) is 19.7 Å². The van der Waals surface area contributed by atoms with Crippen LogP contribution in [0.5, 0.6) is 0 Å². The molecule has 3 rings (SSSR count). The molecule has 1 aromatic carbocycles. The Balaban J connectivity index is 1.99. The molecule has 0 spiro atoms. The normalized spacial score (nSPS) is 11.2. The van der Waals surface area contributed by atoms with Gasteiger partial charge in [0.15, 0.2) is 0 Å². The van der Waals surface area contributed by atoms with Gasteiger partial charge < -0.3 is 14.3 Å². The summed E-state index contributed by atoms with van der Waals surface area (Å²) < 4.78 is 7.73. The van der Waals surface area contributed by atoms with Crippen LogP contribution in [-0.2, 0) is 17.8 Å². The fourth-order valence-corrected chi connectivity index (χ4v) is 2.73. The lowest BCUT2D eigenvalue weighted by Crippen LogP contribution is -2.27. The molecule has 0 fully saturated rings. The lowest BCUT2D eigenvalue weighted by Gasteiger charge is -2.08. The van der Waals surface area contributed by atoms with Crippen molar-refractivity contribution in [2.24, 2.45) is 5.92 Å². The van der Waals surface area contributed by atoms with Gasteiger partial charge in [-0.2, -0.15) is 0 Å². The Hall–Kier alpha value is -2.89. The van der Waals surface area contributed by atoms with Crippen molar-refractivity contribution in [1.82, 2.24) is 20.1 Å². The Labute approximate surface area is 146 Å². The molecule has 1 N–H and O–H groups in total. The van der Waals surface area contributed by atoms with Gasteiger partial charge >= 0.3 is 0 Å². The number of nitrogens with one attached hydrogen (secondary N) is 1. The minimum Gasteiger partial charge on any atom is -0.419 e. The van der Waals surface area contributed by atoms with Gasteiger partial charge in [0.2, 0.25) is 11.8 Å². The number of aromatic nitrogens is 3. The number of rotatable bonds is 7. The summed E-state index contributed by atoms with van der Waals surface area (Å²) in [6.07, 6.45) is 2.38. The van der Waals surface area contributed by atoms with E-state index in [4.69, 9.17) is 4.42 Å². The van der Waals surface area contributed by atoms with Gasteiger partial charge in [-0.15, -0.1) is 16.8 Å². The third-order valence-electron chi connectivity index (χ3n) is 3.82. The summed E-state index contributed by atoms with van der Waals surface area (Å²) in [4.78, 5) is 12.2. The first-order chi connectivity index (χ1) is 12.1. The van der Waals surface area contributed by atoms with Gasteiger partial charge in [0.05, 0.1) is 0 Å². The number of para-hydroxylation sites is 1. The Morgan fingerprint density at radius 3 is 2.92 bits per heavy atom. The highest BCUT2D eigenvalue weighted by atomic mass is 16.4. The van der Waals surface area contributed by atoms with Crippen LogP contribution in [0.25, 0.3) is 22.5 Å². The molecule has 130 valence electrons. The molecule has 3 aromatic rings. The van der Waals surface area contributed by atoms with Gasteiger partial charge in [-0.1, -0.05) is 38.1 Å². The topological polar surface area (TPSA) is 73.0 Å². The number of carbonyl (C=O) groups excluding carboxylic acids is 1. The summed E-state index contributed by atoms with van der Waals surface area (Å²) in [5.74, 6) is 1.38. The lowest BCUT2D eigenvalue weighted by atomic mass is 10.1. The van der Waals surface area contributed by atoms with Crippen LogP contribution in [0, 0.1) is 5.92 Å². The van der Waals surface area contributed by atoms with Gasteiger partial charge in [-0.25, -0.2) is 0 Å². The van der Waals surface area contributed by atoms with Crippen LogP contribution in [0.2, 0.25) is 0 Å². The summed E-state index contributed by atoms with van der Waals surface area (Å²) in [6.45, 7) is 8.44. The Kier molecular flexibility index (Phi) is 4.97. The number of hydrogen-bond donors (Lipinski definition) is 1. The van der Waals surface area contributed by atoms with Crippen molar-refractivity contribution in [1.29, 1.82) is 0 Å². The van der Waals surface area contributed by atoms with Gasteiger partial charge in [0.1, 0.15) is 12.2 Å². The maximum Gasteiger partial charge on any atom is 0.264 e. The Morgan fingerprint density at radius 2 is 2.16 bits per heavy atom. The van der Waals surface area contributed by atoms with Crippen molar-refractivity contribution in [3.05, 3.63) is 48.9 Å². The summed E-state index contributed by atoms with van der Waals surface area (Å²) in [6, 6.07) is 9.87. The van der Waals surface area contributed by atoms with E-state index in [1.165, 1.54) is 0 Å². The highest BCUT2D eigenvalue weighted by Gasteiger charge is 2.18. The predicted molar refractivity (Wildman–Crippen MR) is 97.0 cm³/mol. The fourth-order valence-electron chi connectivity index (χ4n) is 2.73. The van der Waals surface area contributed by atoms with Crippen LogP contribution >= 0.6 is 0 Å². The van der Waals surface area contributed by atoms with Gasteiger partial charge in [-0.3, -0.25) is 4.79 Å². The molecule has 6 heteroatoms. The van der Waals surface area contributed by atoms with E-state index in [0.717, 1.165) is 23.0 Å². The summed E-state index contributed by atoms with van der Waals surface area (Å²) in [5.41, 5.74) is 1.70. The van der Waals surface area contributed by atoms with Gasteiger partial charge in [0, 0.05) is 23.9 Å². The number of hydrogen-bond acceptors (Lipinski definition) is 4. The van der Waals surface area contributed by atoms with E-state index in [9.17, 15) is 4.79 Å². The molecule has 0 saturated carbocycles. The van der Waals surface area contributed by atoms with Crippen molar-refractivity contribution in [3.8, 4) is 11.6 Å². The number of carbonyl (C=O) groups is 1. The van der Waals surface area contributed by atoms with Gasteiger partial charge in [0.25, 0.3) is 5.89 Å². The third kappa shape index (κ3) is 3.79. The second-order valence-electron chi connectivity index (χ2n) is 6.37. The van der Waals surface area contributed by atoms with E-state index in [2.05, 4.69) is 35.9 Å². The average Bonchev–Trinajstić information content (AvgIpc) is 3.17.